The first-order chi connectivity index (χ1) is 12.6. The molecule has 5 nitrogen and oxygen atoms in total. The highest BCUT2D eigenvalue weighted by atomic mass is 35.5. The van der Waals surface area contributed by atoms with Crippen LogP contribution in [-0.2, 0) is 10.0 Å². The van der Waals surface area contributed by atoms with Crippen LogP contribution in [0.5, 0.6) is 5.75 Å². The highest BCUT2D eigenvalue weighted by molar-refractivity contribution is 7.89. The number of carbonyl (C=O) groups excluding carboxylic acids is 1. The molecule has 1 amide bonds. The number of sulfonamides is 1. The van der Waals surface area contributed by atoms with Crippen molar-refractivity contribution in [2.45, 2.75) is 38.5 Å². The van der Waals surface area contributed by atoms with E-state index in [4.69, 9.17) is 27.9 Å². The molecule has 1 aromatic carbocycles. The summed E-state index contributed by atoms with van der Waals surface area (Å²) in [6.07, 6.45) is 8.65. The SMILES string of the molecule is CS(=O)(=O)NC(=O)c1cc(Cl)c(OCC23CC4CC(CC(C4)C2)C3)c(Cl)c1. The molecule has 0 radical (unpaired) electrons. The number of nitrogens with one attached hydrogen (secondary N) is 1. The number of hydrogen-bond donors (Lipinski definition) is 1. The fourth-order valence-electron chi connectivity index (χ4n) is 5.75. The molecule has 1 aromatic rings. The number of carbonyl (C=O) groups is 1. The van der Waals surface area contributed by atoms with E-state index < -0.39 is 15.9 Å². The molecule has 4 saturated carbocycles. The Hall–Kier alpha value is -0.980. The summed E-state index contributed by atoms with van der Waals surface area (Å²) < 4.78 is 30.5. The number of hydrogen-bond acceptors (Lipinski definition) is 4. The van der Waals surface area contributed by atoms with Crippen LogP contribution in [0.4, 0.5) is 0 Å². The van der Waals surface area contributed by atoms with E-state index in [0.717, 1.165) is 24.0 Å². The second-order valence-electron chi connectivity index (χ2n) is 8.68. The van der Waals surface area contributed by atoms with Crippen molar-refractivity contribution in [3.05, 3.63) is 27.7 Å². The summed E-state index contributed by atoms with van der Waals surface area (Å²) >= 11 is 12.6. The van der Waals surface area contributed by atoms with Gasteiger partial charge in [-0.15, -0.1) is 0 Å². The Morgan fingerprint density at radius 3 is 2.04 bits per heavy atom. The molecule has 0 atom stereocenters. The van der Waals surface area contributed by atoms with Crippen molar-refractivity contribution in [1.29, 1.82) is 0 Å². The molecule has 4 aliphatic carbocycles. The lowest BCUT2D eigenvalue weighted by molar-refractivity contribution is -0.0745. The Morgan fingerprint density at radius 2 is 1.59 bits per heavy atom. The first kappa shape index (κ1) is 19.3. The first-order valence-electron chi connectivity index (χ1n) is 9.26. The topological polar surface area (TPSA) is 72.5 Å². The molecule has 8 heteroatoms. The van der Waals surface area contributed by atoms with E-state index in [-0.39, 0.29) is 21.0 Å². The Balaban J connectivity index is 1.49. The maximum absolute atomic E-state index is 12.0. The van der Waals surface area contributed by atoms with Gasteiger partial charge in [-0.05, 0) is 68.4 Å². The number of halogens is 2. The lowest BCUT2D eigenvalue weighted by atomic mass is 9.50. The minimum absolute atomic E-state index is 0.0811. The normalized spacial score (nSPS) is 31.7. The van der Waals surface area contributed by atoms with E-state index in [0.29, 0.717) is 12.4 Å². The molecule has 0 unspecified atom stereocenters. The molecule has 27 heavy (non-hydrogen) atoms. The van der Waals surface area contributed by atoms with Gasteiger partial charge in [-0.3, -0.25) is 4.79 Å². The smallest absolute Gasteiger partial charge is 0.264 e. The van der Waals surface area contributed by atoms with E-state index in [1.54, 1.807) is 0 Å². The van der Waals surface area contributed by atoms with Gasteiger partial charge in [0.05, 0.1) is 22.9 Å². The molecule has 4 aliphatic rings. The Labute approximate surface area is 169 Å². The van der Waals surface area contributed by atoms with E-state index in [1.807, 2.05) is 4.72 Å². The van der Waals surface area contributed by atoms with Crippen LogP contribution in [0.1, 0.15) is 48.9 Å². The molecule has 4 fully saturated rings. The Kier molecular flexibility index (Phi) is 4.88. The lowest BCUT2D eigenvalue weighted by Crippen LogP contribution is -2.48. The monoisotopic (exact) mass is 431 g/mol. The van der Waals surface area contributed by atoms with Crippen molar-refractivity contribution >= 4 is 39.1 Å². The summed E-state index contributed by atoms with van der Waals surface area (Å²) in [4.78, 5) is 12.0. The molecule has 0 aliphatic heterocycles. The van der Waals surface area contributed by atoms with Gasteiger partial charge in [0.25, 0.3) is 5.91 Å². The highest BCUT2D eigenvalue weighted by Gasteiger charge is 2.51. The molecule has 0 aromatic heterocycles. The van der Waals surface area contributed by atoms with Gasteiger partial charge in [-0.2, -0.15) is 0 Å². The fourth-order valence-corrected chi connectivity index (χ4v) is 6.80. The second-order valence-corrected chi connectivity index (χ2v) is 11.2. The number of ether oxygens (including phenoxy) is 1. The van der Waals surface area contributed by atoms with Crippen LogP contribution < -0.4 is 9.46 Å². The van der Waals surface area contributed by atoms with E-state index in [2.05, 4.69) is 0 Å². The third-order valence-electron chi connectivity index (χ3n) is 6.23. The van der Waals surface area contributed by atoms with E-state index in [9.17, 15) is 13.2 Å². The molecule has 0 heterocycles. The van der Waals surface area contributed by atoms with Crippen LogP contribution in [-0.4, -0.2) is 27.2 Å². The predicted molar refractivity (Wildman–Crippen MR) is 105 cm³/mol. The lowest BCUT2D eigenvalue weighted by Gasteiger charge is -2.56. The predicted octanol–water partition coefficient (Wildman–Crippen LogP) is 4.28. The first-order valence-corrected chi connectivity index (χ1v) is 11.9. The maximum atomic E-state index is 12.0. The van der Waals surface area contributed by atoms with Crippen LogP contribution in [0.3, 0.4) is 0 Å². The van der Waals surface area contributed by atoms with Crippen LogP contribution in [0.2, 0.25) is 10.0 Å². The standard InChI is InChI=1S/C19H23Cl2NO4S/c1-27(24,25)22-18(23)14-5-15(20)17(16(21)6-14)26-10-19-7-11-2-12(8-19)4-13(3-11)9-19/h5-6,11-13H,2-4,7-10H2,1H3,(H,22,23). The number of amides is 1. The molecular weight excluding hydrogens is 409 g/mol. The summed E-state index contributed by atoms with van der Waals surface area (Å²) in [5.74, 6) is 2.08. The summed E-state index contributed by atoms with van der Waals surface area (Å²) in [7, 11) is -3.66. The minimum Gasteiger partial charge on any atom is -0.490 e. The third kappa shape index (κ3) is 4.08. The van der Waals surface area contributed by atoms with Gasteiger partial charge < -0.3 is 4.74 Å². The fraction of sp³-hybridized carbons (Fsp3) is 0.632. The quantitative estimate of drug-likeness (QED) is 0.754. The van der Waals surface area contributed by atoms with Gasteiger partial charge in [-0.1, -0.05) is 23.2 Å². The van der Waals surface area contributed by atoms with Gasteiger partial charge in [0.15, 0.2) is 5.75 Å². The van der Waals surface area contributed by atoms with Crippen molar-refractivity contribution in [2.75, 3.05) is 12.9 Å². The molecule has 0 saturated heterocycles. The number of rotatable bonds is 5. The van der Waals surface area contributed by atoms with Crippen molar-refractivity contribution < 1.29 is 17.9 Å². The van der Waals surface area contributed by atoms with Crippen LogP contribution in [0, 0.1) is 23.2 Å². The molecule has 148 valence electrons. The zero-order valence-electron chi connectivity index (χ0n) is 15.1. The molecule has 5 rings (SSSR count). The van der Waals surface area contributed by atoms with Crippen LogP contribution in [0.15, 0.2) is 12.1 Å². The molecule has 4 bridgehead atoms. The Bertz CT molecular complexity index is 825. The van der Waals surface area contributed by atoms with Gasteiger partial charge in [0.1, 0.15) is 0 Å². The van der Waals surface area contributed by atoms with Crippen LogP contribution >= 0.6 is 23.2 Å². The highest BCUT2D eigenvalue weighted by Crippen LogP contribution is 2.60. The summed E-state index contributed by atoms with van der Waals surface area (Å²) in [5.41, 5.74) is 0.297. The van der Waals surface area contributed by atoms with Crippen molar-refractivity contribution in [2.24, 2.45) is 23.2 Å². The zero-order chi connectivity index (χ0) is 19.4. The van der Waals surface area contributed by atoms with E-state index >= 15 is 0 Å². The van der Waals surface area contributed by atoms with Gasteiger partial charge in [0, 0.05) is 11.0 Å². The van der Waals surface area contributed by atoms with Crippen molar-refractivity contribution in [3.8, 4) is 5.75 Å². The van der Waals surface area contributed by atoms with E-state index in [1.165, 1.54) is 50.7 Å². The summed E-state index contributed by atoms with van der Waals surface area (Å²) in [6.45, 7) is 0.588. The van der Waals surface area contributed by atoms with Crippen molar-refractivity contribution in [3.63, 3.8) is 0 Å². The summed E-state index contributed by atoms with van der Waals surface area (Å²) in [6, 6.07) is 2.78. The number of benzene rings is 1. The summed E-state index contributed by atoms with van der Waals surface area (Å²) in [5, 5.41) is 0.428. The molecular formula is C19H23Cl2NO4S. The second kappa shape index (κ2) is 6.82. The van der Waals surface area contributed by atoms with Gasteiger partial charge in [-0.25, -0.2) is 13.1 Å². The minimum atomic E-state index is -3.66. The Morgan fingerprint density at radius 1 is 1.11 bits per heavy atom. The third-order valence-corrected chi connectivity index (χ3v) is 7.34. The van der Waals surface area contributed by atoms with Gasteiger partial charge in [0.2, 0.25) is 10.0 Å². The largest absolute Gasteiger partial charge is 0.490 e. The maximum Gasteiger partial charge on any atom is 0.264 e. The zero-order valence-corrected chi connectivity index (χ0v) is 17.5. The molecule has 1 N–H and O–H groups in total. The van der Waals surface area contributed by atoms with Gasteiger partial charge >= 0.3 is 0 Å². The van der Waals surface area contributed by atoms with Crippen LogP contribution in [0.25, 0.3) is 0 Å². The average Bonchev–Trinajstić information content (AvgIpc) is 2.50. The molecule has 0 spiro atoms. The average molecular weight is 432 g/mol. The van der Waals surface area contributed by atoms with Crippen molar-refractivity contribution in [1.82, 2.24) is 4.72 Å².